The van der Waals surface area contributed by atoms with Crippen LogP contribution in [0.15, 0.2) is 78.9 Å². The van der Waals surface area contributed by atoms with Gasteiger partial charge in [0, 0.05) is 22.9 Å². The second-order valence-corrected chi connectivity index (χ2v) is 7.40. The predicted molar refractivity (Wildman–Crippen MR) is 120 cm³/mol. The van der Waals surface area contributed by atoms with Gasteiger partial charge in [0.1, 0.15) is 24.0 Å². The number of hydrogen-bond acceptors (Lipinski definition) is 6. The van der Waals surface area contributed by atoms with Crippen molar-refractivity contribution in [2.24, 2.45) is 0 Å². The number of aliphatic hydroxyl groups excluding tert-OH is 2. The topological polar surface area (TPSA) is 94.1 Å². The number of amides is 1. The number of thiocarbonyl (C=S) groups is 1. The standard InChI is InChI=1S/C23H21N3O4S/c27-20(14-26-21(28)18-11-4-5-12-19(18)22(26)29)25-23(31)24-15-7-6-10-17(13-15)30-16-8-2-1-3-9-16/h1-13,21-22,28-29H,14H2,(H2,24,25,27,31). The Labute approximate surface area is 184 Å². The lowest BCUT2D eigenvalue weighted by atomic mass is 10.1. The molecule has 1 aliphatic rings. The average molecular weight is 436 g/mol. The van der Waals surface area contributed by atoms with Crippen LogP contribution in [0.1, 0.15) is 23.6 Å². The largest absolute Gasteiger partial charge is 0.457 e. The van der Waals surface area contributed by atoms with E-state index >= 15 is 0 Å². The number of anilines is 1. The Bertz CT molecular complexity index is 1060. The Morgan fingerprint density at radius 3 is 2.19 bits per heavy atom. The molecule has 0 saturated carbocycles. The predicted octanol–water partition coefficient (Wildman–Crippen LogP) is 3.29. The van der Waals surface area contributed by atoms with Gasteiger partial charge in [-0.1, -0.05) is 48.5 Å². The van der Waals surface area contributed by atoms with Crippen molar-refractivity contribution < 1.29 is 19.7 Å². The third-order valence-electron chi connectivity index (χ3n) is 4.83. The highest BCUT2D eigenvalue weighted by Crippen LogP contribution is 2.38. The Morgan fingerprint density at radius 1 is 0.903 bits per heavy atom. The summed E-state index contributed by atoms with van der Waals surface area (Å²) < 4.78 is 5.79. The molecule has 2 atom stereocenters. The molecule has 0 fully saturated rings. The highest BCUT2D eigenvalue weighted by molar-refractivity contribution is 7.80. The first kappa shape index (κ1) is 21.0. The molecular weight excluding hydrogens is 414 g/mol. The van der Waals surface area contributed by atoms with E-state index < -0.39 is 18.4 Å². The molecule has 0 bridgehead atoms. The molecule has 158 valence electrons. The van der Waals surface area contributed by atoms with Crippen molar-refractivity contribution in [1.82, 2.24) is 10.2 Å². The minimum atomic E-state index is -1.06. The van der Waals surface area contributed by atoms with E-state index in [0.29, 0.717) is 28.3 Å². The Kier molecular flexibility index (Phi) is 6.24. The number of aliphatic hydroxyl groups is 2. The maximum absolute atomic E-state index is 12.4. The van der Waals surface area contributed by atoms with Gasteiger partial charge >= 0.3 is 0 Å². The first-order valence-corrected chi connectivity index (χ1v) is 10.1. The molecule has 4 N–H and O–H groups in total. The normalized spacial score (nSPS) is 17.6. The van der Waals surface area contributed by atoms with Gasteiger partial charge in [0.2, 0.25) is 5.91 Å². The van der Waals surface area contributed by atoms with Crippen LogP contribution >= 0.6 is 12.2 Å². The van der Waals surface area contributed by atoms with Crippen LogP contribution in [-0.2, 0) is 4.79 Å². The molecule has 0 saturated heterocycles. The summed E-state index contributed by atoms with van der Waals surface area (Å²) in [6, 6.07) is 23.5. The Balaban J connectivity index is 1.33. The van der Waals surface area contributed by atoms with Crippen molar-refractivity contribution in [3.8, 4) is 11.5 Å². The van der Waals surface area contributed by atoms with Gasteiger partial charge in [-0.3, -0.25) is 4.79 Å². The first-order chi connectivity index (χ1) is 15.0. The number of nitrogens with one attached hydrogen (secondary N) is 2. The lowest BCUT2D eigenvalue weighted by Gasteiger charge is -2.23. The number of para-hydroxylation sites is 1. The van der Waals surface area contributed by atoms with Crippen LogP contribution < -0.4 is 15.4 Å². The molecule has 2 unspecified atom stereocenters. The van der Waals surface area contributed by atoms with E-state index in [-0.39, 0.29) is 11.7 Å². The number of carbonyl (C=O) groups is 1. The van der Waals surface area contributed by atoms with Crippen LogP contribution in [0.2, 0.25) is 0 Å². The van der Waals surface area contributed by atoms with Gasteiger partial charge in [0.25, 0.3) is 0 Å². The van der Waals surface area contributed by atoms with E-state index in [2.05, 4.69) is 10.6 Å². The second-order valence-electron chi connectivity index (χ2n) is 6.99. The summed E-state index contributed by atoms with van der Waals surface area (Å²) in [6.45, 7) is -0.226. The lowest BCUT2D eigenvalue weighted by molar-refractivity contribution is -0.132. The van der Waals surface area contributed by atoms with Crippen LogP contribution in [0.25, 0.3) is 0 Å². The molecule has 3 aromatic rings. The maximum atomic E-state index is 12.4. The molecule has 3 aromatic carbocycles. The molecule has 0 spiro atoms. The first-order valence-electron chi connectivity index (χ1n) is 9.66. The van der Waals surface area contributed by atoms with E-state index in [9.17, 15) is 15.0 Å². The fourth-order valence-corrected chi connectivity index (χ4v) is 3.63. The fraction of sp³-hybridized carbons (Fsp3) is 0.130. The van der Waals surface area contributed by atoms with Crippen molar-refractivity contribution >= 4 is 28.9 Å². The van der Waals surface area contributed by atoms with Crippen LogP contribution in [0.4, 0.5) is 5.69 Å². The summed E-state index contributed by atoms with van der Waals surface area (Å²) in [5, 5.41) is 26.4. The van der Waals surface area contributed by atoms with Crippen LogP contribution in [0.3, 0.4) is 0 Å². The van der Waals surface area contributed by atoms with E-state index in [1.165, 1.54) is 4.90 Å². The molecular formula is C23H21N3O4S. The van der Waals surface area contributed by atoms with Crippen molar-refractivity contribution in [2.45, 2.75) is 12.5 Å². The molecule has 4 rings (SSSR count). The summed E-state index contributed by atoms with van der Waals surface area (Å²) in [6.07, 6.45) is -2.13. The van der Waals surface area contributed by atoms with E-state index in [1.54, 1.807) is 42.5 Å². The number of benzene rings is 3. The van der Waals surface area contributed by atoms with E-state index in [4.69, 9.17) is 17.0 Å². The van der Waals surface area contributed by atoms with Crippen molar-refractivity contribution in [1.29, 1.82) is 0 Å². The minimum Gasteiger partial charge on any atom is -0.457 e. The fourth-order valence-electron chi connectivity index (χ4n) is 3.40. The van der Waals surface area contributed by atoms with E-state index in [0.717, 1.165) is 0 Å². The van der Waals surface area contributed by atoms with Crippen molar-refractivity contribution in [3.05, 3.63) is 90.0 Å². The SMILES string of the molecule is O=C(CN1C(O)c2ccccc2C1O)NC(=S)Nc1cccc(Oc2ccccc2)c1. The van der Waals surface area contributed by atoms with Crippen molar-refractivity contribution in [2.75, 3.05) is 11.9 Å². The number of fused-ring (bicyclic) bond motifs is 1. The maximum Gasteiger partial charge on any atom is 0.240 e. The zero-order valence-corrected chi connectivity index (χ0v) is 17.3. The number of carbonyl (C=O) groups excluding carboxylic acids is 1. The van der Waals surface area contributed by atoms with Gasteiger partial charge in [-0.05, 0) is 36.5 Å². The molecule has 1 amide bonds. The zero-order chi connectivity index (χ0) is 21.8. The number of ether oxygens (including phenoxy) is 1. The Morgan fingerprint density at radius 2 is 1.52 bits per heavy atom. The van der Waals surface area contributed by atoms with Gasteiger partial charge in [-0.15, -0.1) is 0 Å². The molecule has 0 radical (unpaired) electrons. The van der Waals surface area contributed by atoms with Crippen LogP contribution in [-0.4, -0.2) is 32.7 Å². The second kappa shape index (κ2) is 9.23. The quantitative estimate of drug-likeness (QED) is 0.457. The minimum absolute atomic E-state index is 0.0996. The lowest BCUT2D eigenvalue weighted by Crippen LogP contribution is -2.42. The molecule has 8 heteroatoms. The summed E-state index contributed by atoms with van der Waals surface area (Å²) in [5.74, 6) is 0.866. The molecule has 0 aromatic heterocycles. The third kappa shape index (κ3) is 4.89. The number of rotatable bonds is 5. The Hall–Kier alpha value is -3.30. The zero-order valence-electron chi connectivity index (χ0n) is 16.4. The smallest absolute Gasteiger partial charge is 0.240 e. The molecule has 0 aliphatic carbocycles. The summed E-state index contributed by atoms with van der Waals surface area (Å²) >= 11 is 5.23. The van der Waals surface area contributed by atoms with Gasteiger partial charge in [0.15, 0.2) is 5.11 Å². The van der Waals surface area contributed by atoms with Crippen LogP contribution in [0, 0.1) is 0 Å². The third-order valence-corrected chi connectivity index (χ3v) is 5.03. The summed E-state index contributed by atoms with van der Waals surface area (Å²) in [7, 11) is 0. The number of hydrogen-bond donors (Lipinski definition) is 4. The highest BCUT2D eigenvalue weighted by atomic mass is 32.1. The monoisotopic (exact) mass is 435 g/mol. The van der Waals surface area contributed by atoms with Crippen molar-refractivity contribution in [3.63, 3.8) is 0 Å². The van der Waals surface area contributed by atoms with Gasteiger partial charge in [0.05, 0.1) is 6.54 Å². The van der Waals surface area contributed by atoms with Gasteiger partial charge < -0.3 is 25.6 Å². The highest BCUT2D eigenvalue weighted by Gasteiger charge is 2.37. The number of nitrogens with zero attached hydrogens (tertiary/aromatic N) is 1. The molecule has 7 nitrogen and oxygen atoms in total. The average Bonchev–Trinajstić information content (AvgIpc) is 3.00. The molecule has 31 heavy (non-hydrogen) atoms. The van der Waals surface area contributed by atoms with E-state index in [1.807, 2.05) is 36.4 Å². The van der Waals surface area contributed by atoms with Crippen LogP contribution in [0.5, 0.6) is 11.5 Å². The molecule has 1 heterocycles. The summed E-state index contributed by atoms with van der Waals surface area (Å²) in [5.41, 5.74) is 1.81. The van der Waals surface area contributed by atoms with Gasteiger partial charge in [-0.2, -0.15) is 0 Å². The summed E-state index contributed by atoms with van der Waals surface area (Å²) in [4.78, 5) is 13.7. The molecule has 1 aliphatic heterocycles. The van der Waals surface area contributed by atoms with Gasteiger partial charge in [-0.25, -0.2) is 4.90 Å².